The molecule has 3 aromatic rings. The molecule has 6 heteroatoms. The predicted octanol–water partition coefficient (Wildman–Crippen LogP) is 4.50. The van der Waals surface area contributed by atoms with Crippen molar-refractivity contribution in [1.82, 2.24) is 0 Å². The number of carboxylic acids is 1. The van der Waals surface area contributed by atoms with Crippen LogP contribution in [0.5, 0.6) is 17.2 Å². The molecular formula is C22H14N2O4. The lowest BCUT2D eigenvalue weighted by atomic mass is 10.1. The van der Waals surface area contributed by atoms with E-state index in [1.165, 1.54) is 12.1 Å². The molecule has 0 aliphatic rings. The minimum absolute atomic E-state index is 0.0287. The Labute approximate surface area is 161 Å². The van der Waals surface area contributed by atoms with Gasteiger partial charge in [0.05, 0.1) is 28.8 Å². The molecule has 28 heavy (non-hydrogen) atoms. The molecule has 6 nitrogen and oxygen atoms in total. The molecule has 0 atom stereocenters. The Balaban J connectivity index is 1.79. The van der Waals surface area contributed by atoms with Crippen molar-refractivity contribution in [3.05, 3.63) is 89.0 Å². The van der Waals surface area contributed by atoms with Crippen LogP contribution in [0.3, 0.4) is 0 Å². The summed E-state index contributed by atoms with van der Waals surface area (Å²) in [4.78, 5) is 11.4. The summed E-state index contributed by atoms with van der Waals surface area (Å²) in [5, 5.41) is 27.0. The molecule has 0 unspecified atom stereocenters. The van der Waals surface area contributed by atoms with Crippen LogP contribution < -0.4 is 9.47 Å². The van der Waals surface area contributed by atoms with Gasteiger partial charge in [-0.05, 0) is 54.1 Å². The maximum Gasteiger partial charge on any atom is 0.335 e. The SMILES string of the molecule is N#Cc1ccc(COc2cc(Oc3ccc(C#N)cc3)cc(C(=O)O)c2)cc1. The first-order valence-corrected chi connectivity index (χ1v) is 8.25. The first-order valence-electron chi connectivity index (χ1n) is 8.25. The number of aromatic carboxylic acids is 1. The Bertz CT molecular complexity index is 1080. The van der Waals surface area contributed by atoms with Gasteiger partial charge < -0.3 is 14.6 Å². The van der Waals surface area contributed by atoms with Gasteiger partial charge in [0, 0.05) is 6.07 Å². The second-order valence-corrected chi connectivity index (χ2v) is 5.83. The zero-order chi connectivity index (χ0) is 19.9. The van der Waals surface area contributed by atoms with Crippen LogP contribution in [0, 0.1) is 22.7 Å². The normalized spacial score (nSPS) is 9.79. The summed E-state index contributed by atoms with van der Waals surface area (Å²) in [5.41, 5.74) is 1.92. The Morgan fingerprint density at radius 3 is 1.96 bits per heavy atom. The molecule has 0 amide bonds. The van der Waals surface area contributed by atoms with Gasteiger partial charge in [-0.3, -0.25) is 0 Å². The fourth-order valence-corrected chi connectivity index (χ4v) is 2.41. The van der Waals surface area contributed by atoms with Crippen LogP contribution in [0.25, 0.3) is 0 Å². The highest BCUT2D eigenvalue weighted by molar-refractivity contribution is 5.88. The van der Waals surface area contributed by atoms with Gasteiger partial charge in [-0.15, -0.1) is 0 Å². The summed E-state index contributed by atoms with van der Waals surface area (Å²) in [7, 11) is 0. The Kier molecular flexibility index (Phi) is 5.55. The van der Waals surface area contributed by atoms with E-state index in [2.05, 4.69) is 0 Å². The molecule has 0 aliphatic carbocycles. The number of carboxylic acid groups (broad SMARTS) is 1. The van der Waals surface area contributed by atoms with Crippen LogP contribution in [0.1, 0.15) is 27.0 Å². The van der Waals surface area contributed by atoms with Crippen LogP contribution >= 0.6 is 0 Å². The van der Waals surface area contributed by atoms with Crippen molar-refractivity contribution >= 4 is 5.97 Å². The zero-order valence-corrected chi connectivity index (χ0v) is 14.6. The summed E-state index contributed by atoms with van der Waals surface area (Å²) >= 11 is 0. The molecule has 0 heterocycles. The van der Waals surface area contributed by atoms with E-state index in [0.717, 1.165) is 5.56 Å². The predicted molar refractivity (Wildman–Crippen MR) is 100 cm³/mol. The van der Waals surface area contributed by atoms with Gasteiger partial charge in [0.1, 0.15) is 23.9 Å². The lowest BCUT2D eigenvalue weighted by molar-refractivity contribution is 0.0696. The van der Waals surface area contributed by atoms with Crippen molar-refractivity contribution in [2.45, 2.75) is 6.61 Å². The van der Waals surface area contributed by atoms with Crippen molar-refractivity contribution in [3.8, 4) is 29.4 Å². The maximum absolute atomic E-state index is 11.4. The number of hydrogen-bond donors (Lipinski definition) is 1. The highest BCUT2D eigenvalue weighted by Crippen LogP contribution is 2.28. The Morgan fingerprint density at radius 2 is 1.39 bits per heavy atom. The molecule has 3 aromatic carbocycles. The van der Waals surface area contributed by atoms with E-state index in [9.17, 15) is 9.90 Å². The average Bonchev–Trinajstić information content (AvgIpc) is 2.73. The lowest BCUT2D eigenvalue weighted by Crippen LogP contribution is -2.00. The lowest BCUT2D eigenvalue weighted by Gasteiger charge is -2.11. The van der Waals surface area contributed by atoms with Crippen molar-refractivity contribution in [1.29, 1.82) is 10.5 Å². The van der Waals surface area contributed by atoms with Crippen LogP contribution in [0.4, 0.5) is 0 Å². The van der Waals surface area contributed by atoms with Crippen LogP contribution in [0.2, 0.25) is 0 Å². The third-order valence-electron chi connectivity index (χ3n) is 3.83. The number of hydrogen-bond acceptors (Lipinski definition) is 5. The minimum Gasteiger partial charge on any atom is -0.489 e. The molecule has 3 rings (SSSR count). The van der Waals surface area contributed by atoms with E-state index in [1.54, 1.807) is 54.6 Å². The van der Waals surface area contributed by atoms with Crippen LogP contribution in [0.15, 0.2) is 66.7 Å². The van der Waals surface area contributed by atoms with E-state index >= 15 is 0 Å². The van der Waals surface area contributed by atoms with E-state index in [1.807, 2.05) is 12.1 Å². The van der Waals surface area contributed by atoms with Gasteiger partial charge in [-0.1, -0.05) is 12.1 Å². The fourth-order valence-electron chi connectivity index (χ4n) is 2.41. The van der Waals surface area contributed by atoms with E-state index in [4.69, 9.17) is 20.0 Å². The first-order chi connectivity index (χ1) is 13.6. The zero-order valence-electron chi connectivity index (χ0n) is 14.6. The molecule has 136 valence electrons. The largest absolute Gasteiger partial charge is 0.489 e. The fraction of sp³-hybridized carbons (Fsp3) is 0.0455. The average molecular weight is 370 g/mol. The molecule has 1 N–H and O–H groups in total. The summed E-state index contributed by atoms with van der Waals surface area (Å²) < 4.78 is 11.4. The van der Waals surface area contributed by atoms with Crippen molar-refractivity contribution in [3.63, 3.8) is 0 Å². The van der Waals surface area contributed by atoms with Crippen LogP contribution in [-0.2, 0) is 6.61 Å². The van der Waals surface area contributed by atoms with Crippen molar-refractivity contribution in [2.75, 3.05) is 0 Å². The molecule has 0 saturated carbocycles. The number of ether oxygens (including phenoxy) is 2. The van der Waals surface area contributed by atoms with Gasteiger partial charge in [0.15, 0.2) is 0 Å². The smallest absolute Gasteiger partial charge is 0.335 e. The molecule has 0 aliphatic heterocycles. The number of benzene rings is 3. The van der Waals surface area contributed by atoms with Gasteiger partial charge in [-0.25, -0.2) is 4.79 Å². The van der Waals surface area contributed by atoms with Gasteiger partial charge in [0.25, 0.3) is 0 Å². The monoisotopic (exact) mass is 370 g/mol. The molecular weight excluding hydrogens is 356 g/mol. The number of nitrogens with zero attached hydrogens (tertiary/aromatic N) is 2. The van der Waals surface area contributed by atoms with Gasteiger partial charge >= 0.3 is 5.97 Å². The number of carbonyl (C=O) groups is 1. The minimum atomic E-state index is -1.10. The Hall–Kier alpha value is -4.29. The summed E-state index contributed by atoms with van der Waals surface area (Å²) in [6.07, 6.45) is 0. The highest BCUT2D eigenvalue weighted by Gasteiger charge is 2.10. The third-order valence-corrected chi connectivity index (χ3v) is 3.83. The summed E-state index contributed by atoms with van der Waals surface area (Å²) in [5.74, 6) is 0.0143. The van der Waals surface area contributed by atoms with Gasteiger partial charge in [-0.2, -0.15) is 10.5 Å². The molecule has 0 bridgehead atoms. The number of rotatable bonds is 6. The molecule has 0 aromatic heterocycles. The first kappa shape index (κ1) is 18.5. The number of nitriles is 2. The molecule has 0 saturated heterocycles. The van der Waals surface area contributed by atoms with E-state index in [0.29, 0.717) is 28.4 Å². The van der Waals surface area contributed by atoms with Crippen molar-refractivity contribution < 1.29 is 19.4 Å². The Morgan fingerprint density at radius 1 is 0.821 bits per heavy atom. The molecule has 0 spiro atoms. The molecule has 0 fully saturated rings. The standard InChI is InChI=1S/C22H14N2O4/c23-12-15-1-3-17(4-2-15)14-27-20-9-18(22(25)26)10-21(11-20)28-19-7-5-16(13-24)6-8-19/h1-11H,14H2,(H,25,26). The van der Waals surface area contributed by atoms with Gasteiger partial charge in [0.2, 0.25) is 0 Å². The second-order valence-electron chi connectivity index (χ2n) is 5.83. The van der Waals surface area contributed by atoms with E-state index < -0.39 is 5.97 Å². The quantitative estimate of drug-likeness (QED) is 0.685. The van der Waals surface area contributed by atoms with Crippen molar-refractivity contribution in [2.24, 2.45) is 0 Å². The third kappa shape index (κ3) is 4.66. The topological polar surface area (TPSA) is 103 Å². The highest BCUT2D eigenvalue weighted by atomic mass is 16.5. The van der Waals surface area contributed by atoms with Crippen LogP contribution in [-0.4, -0.2) is 11.1 Å². The maximum atomic E-state index is 11.4. The summed E-state index contributed by atoms with van der Waals surface area (Å²) in [6, 6.07) is 21.9. The summed E-state index contributed by atoms with van der Waals surface area (Å²) in [6.45, 7) is 0.213. The molecule has 0 radical (unpaired) electrons. The van der Waals surface area contributed by atoms with E-state index in [-0.39, 0.29) is 12.2 Å². The second kappa shape index (κ2) is 8.39.